The number of ether oxygens (including phenoxy) is 2. The van der Waals surface area contributed by atoms with Crippen LogP contribution in [0.4, 0.5) is 0 Å². The topological polar surface area (TPSA) is 42.0 Å². The second-order valence-corrected chi connectivity index (χ2v) is 10.4. The molecule has 0 aromatic carbocycles. The van der Waals surface area contributed by atoms with Gasteiger partial charge in [-0.1, -0.05) is 46.0 Å². The van der Waals surface area contributed by atoms with Gasteiger partial charge in [0.1, 0.15) is 11.5 Å². The molecule has 1 aliphatic carbocycles. The molecule has 0 saturated carbocycles. The molecule has 3 rings (SSSR count). The molecule has 188 valence electrons. The lowest BCUT2D eigenvalue weighted by atomic mass is 9.67. The number of likely N-dealkylation sites (tertiary alicyclic amines) is 2. The number of rotatable bonds is 13. The maximum Gasteiger partial charge on any atom is 0.236 e. The van der Waals surface area contributed by atoms with E-state index >= 15 is 0 Å². The molecule has 0 radical (unpaired) electrons. The molecule has 3 aliphatic rings. The van der Waals surface area contributed by atoms with Crippen molar-refractivity contribution in [2.24, 2.45) is 10.8 Å². The van der Waals surface area contributed by atoms with Gasteiger partial charge in [-0.25, -0.2) is 0 Å². The van der Waals surface area contributed by atoms with Crippen molar-refractivity contribution in [3.8, 4) is 0 Å². The average Bonchev–Trinajstić information content (AvgIpc) is 3.13. The van der Waals surface area contributed by atoms with Gasteiger partial charge in [0.05, 0.1) is 25.0 Å². The number of hydrogen-bond donors (Lipinski definition) is 0. The van der Waals surface area contributed by atoms with Crippen LogP contribution in [0.1, 0.15) is 90.9 Å². The van der Waals surface area contributed by atoms with E-state index in [2.05, 4.69) is 35.8 Å². The number of amides is 1. The van der Waals surface area contributed by atoms with Gasteiger partial charge in [-0.2, -0.15) is 0 Å². The molecule has 1 amide bonds. The molecule has 0 N–H and O–H groups in total. The summed E-state index contributed by atoms with van der Waals surface area (Å²) in [5.74, 6) is 2.08. The molecule has 5 nitrogen and oxygen atoms in total. The highest BCUT2D eigenvalue weighted by atomic mass is 16.5. The minimum atomic E-state index is -0.601. The Bertz CT molecular complexity index is 663. The fourth-order valence-electron chi connectivity index (χ4n) is 6.37. The standard InChI is InChI=1S/C28H48N2O3/c1-5-14-28(15-6-2)24(32-3)22-27(23-25(28)33-4)16-21-30(26(27)31)20-13-8-7-10-17-29-18-11-9-12-19-29/h22-23H,5-21H2,1-4H3. The molecule has 5 heteroatoms. The molecule has 0 unspecified atom stereocenters. The van der Waals surface area contributed by atoms with Crippen LogP contribution in [0.2, 0.25) is 0 Å². The van der Waals surface area contributed by atoms with Gasteiger partial charge in [0.25, 0.3) is 0 Å². The summed E-state index contributed by atoms with van der Waals surface area (Å²) < 4.78 is 11.9. The summed E-state index contributed by atoms with van der Waals surface area (Å²) in [4.78, 5) is 18.3. The van der Waals surface area contributed by atoms with E-state index in [1.807, 2.05) is 0 Å². The van der Waals surface area contributed by atoms with Crippen LogP contribution in [0.15, 0.2) is 23.7 Å². The molecular formula is C28H48N2O3. The normalized spacial score (nSPS) is 22.4. The van der Waals surface area contributed by atoms with Gasteiger partial charge in [0.2, 0.25) is 5.91 Å². The molecule has 2 aliphatic heterocycles. The van der Waals surface area contributed by atoms with E-state index in [1.54, 1.807) is 14.2 Å². The quantitative estimate of drug-likeness (QED) is 0.320. The van der Waals surface area contributed by atoms with Crippen LogP contribution >= 0.6 is 0 Å². The fraction of sp³-hybridized carbons (Fsp3) is 0.821. The third-order valence-electron chi connectivity index (χ3n) is 8.10. The second kappa shape index (κ2) is 12.3. The van der Waals surface area contributed by atoms with Crippen molar-refractivity contribution in [1.29, 1.82) is 0 Å². The third kappa shape index (κ3) is 5.78. The number of unbranched alkanes of at least 4 members (excludes halogenated alkanes) is 3. The molecule has 0 atom stereocenters. The van der Waals surface area contributed by atoms with Crippen molar-refractivity contribution in [2.45, 2.75) is 90.9 Å². The Labute approximate surface area is 202 Å². The van der Waals surface area contributed by atoms with Gasteiger partial charge >= 0.3 is 0 Å². The number of methoxy groups -OCH3 is 2. The Kier molecular flexibility index (Phi) is 9.72. The molecule has 0 aromatic rings. The molecule has 0 bridgehead atoms. The molecule has 2 saturated heterocycles. The van der Waals surface area contributed by atoms with Gasteiger partial charge in [0.15, 0.2) is 0 Å². The Balaban J connectivity index is 1.57. The van der Waals surface area contributed by atoms with Crippen LogP contribution in [0.3, 0.4) is 0 Å². The van der Waals surface area contributed by atoms with Crippen molar-refractivity contribution in [3.05, 3.63) is 23.7 Å². The van der Waals surface area contributed by atoms with E-state index < -0.39 is 5.41 Å². The summed E-state index contributed by atoms with van der Waals surface area (Å²) >= 11 is 0. The Morgan fingerprint density at radius 3 is 1.94 bits per heavy atom. The van der Waals surface area contributed by atoms with Gasteiger partial charge < -0.3 is 19.3 Å². The molecule has 2 heterocycles. The van der Waals surface area contributed by atoms with Crippen LogP contribution in [0, 0.1) is 10.8 Å². The van der Waals surface area contributed by atoms with Crippen LogP contribution in [0.25, 0.3) is 0 Å². The Morgan fingerprint density at radius 2 is 1.39 bits per heavy atom. The summed E-state index contributed by atoms with van der Waals surface area (Å²) in [6.45, 7) is 9.92. The molecular weight excluding hydrogens is 412 g/mol. The maximum atomic E-state index is 13.6. The summed E-state index contributed by atoms with van der Waals surface area (Å²) in [5.41, 5.74) is -0.837. The van der Waals surface area contributed by atoms with E-state index in [4.69, 9.17) is 9.47 Å². The first kappa shape index (κ1) is 26.1. The summed E-state index contributed by atoms with van der Waals surface area (Å²) in [6, 6.07) is 0. The Morgan fingerprint density at radius 1 is 0.818 bits per heavy atom. The minimum Gasteiger partial charge on any atom is -0.500 e. The molecule has 0 aromatic heterocycles. The predicted molar refractivity (Wildman–Crippen MR) is 135 cm³/mol. The minimum absolute atomic E-state index is 0.224. The first-order valence-corrected chi connectivity index (χ1v) is 13.6. The fourth-order valence-corrected chi connectivity index (χ4v) is 6.37. The van der Waals surface area contributed by atoms with E-state index in [0.29, 0.717) is 0 Å². The molecule has 33 heavy (non-hydrogen) atoms. The van der Waals surface area contributed by atoms with Crippen molar-refractivity contribution in [1.82, 2.24) is 9.80 Å². The predicted octanol–water partition coefficient (Wildman–Crippen LogP) is 5.91. The van der Waals surface area contributed by atoms with Crippen molar-refractivity contribution >= 4 is 5.91 Å². The number of nitrogens with zero attached hydrogens (tertiary/aromatic N) is 2. The van der Waals surface area contributed by atoms with Gasteiger partial charge in [-0.3, -0.25) is 4.79 Å². The number of carbonyl (C=O) groups is 1. The molecule has 1 spiro atoms. The highest BCUT2D eigenvalue weighted by Crippen LogP contribution is 2.53. The molecule has 2 fully saturated rings. The number of carbonyl (C=O) groups excluding carboxylic acids is 1. The largest absolute Gasteiger partial charge is 0.500 e. The van der Waals surface area contributed by atoms with E-state index in [1.165, 1.54) is 58.2 Å². The average molecular weight is 461 g/mol. The summed E-state index contributed by atoms with van der Waals surface area (Å²) in [7, 11) is 3.50. The van der Waals surface area contributed by atoms with Crippen molar-refractivity contribution in [3.63, 3.8) is 0 Å². The maximum absolute atomic E-state index is 13.6. The zero-order chi connectivity index (χ0) is 23.7. The lowest BCUT2D eigenvalue weighted by Crippen LogP contribution is -2.39. The van der Waals surface area contributed by atoms with Crippen LogP contribution in [-0.4, -0.2) is 62.7 Å². The highest BCUT2D eigenvalue weighted by Gasteiger charge is 2.52. The van der Waals surface area contributed by atoms with Crippen LogP contribution in [0.5, 0.6) is 0 Å². The smallest absolute Gasteiger partial charge is 0.236 e. The highest BCUT2D eigenvalue weighted by molar-refractivity contribution is 5.89. The van der Waals surface area contributed by atoms with Crippen molar-refractivity contribution in [2.75, 3.05) is 46.9 Å². The van der Waals surface area contributed by atoms with E-state index in [0.717, 1.165) is 63.1 Å². The van der Waals surface area contributed by atoms with Gasteiger partial charge in [-0.05, 0) is 76.7 Å². The monoisotopic (exact) mass is 460 g/mol. The van der Waals surface area contributed by atoms with E-state index in [9.17, 15) is 4.79 Å². The van der Waals surface area contributed by atoms with Crippen molar-refractivity contribution < 1.29 is 14.3 Å². The summed E-state index contributed by atoms with van der Waals surface area (Å²) in [5, 5.41) is 0. The van der Waals surface area contributed by atoms with Crippen LogP contribution in [-0.2, 0) is 14.3 Å². The first-order chi connectivity index (χ1) is 16.0. The van der Waals surface area contributed by atoms with Gasteiger partial charge in [0, 0.05) is 13.1 Å². The zero-order valence-electron chi connectivity index (χ0n) is 21.8. The second-order valence-electron chi connectivity index (χ2n) is 10.4. The Hall–Kier alpha value is -1.49. The lowest BCUT2D eigenvalue weighted by molar-refractivity contribution is -0.132. The first-order valence-electron chi connectivity index (χ1n) is 13.6. The SMILES string of the molecule is CCCC1(CCC)C(OC)=CC2(C=C1OC)CCN(CCCCCCN1CCCCC1)C2=O. The summed E-state index contributed by atoms with van der Waals surface area (Å²) in [6.07, 6.45) is 18.1. The number of piperidine rings is 1. The number of hydrogen-bond acceptors (Lipinski definition) is 4. The van der Waals surface area contributed by atoms with Crippen LogP contribution < -0.4 is 0 Å². The van der Waals surface area contributed by atoms with E-state index in [-0.39, 0.29) is 11.3 Å². The zero-order valence-corrected chi connectivity index (χ0v) is 21.8. The van der Waals surface area contributed by atoms with Gasteiger partial charge in [-0.15, -0.1) is 0 Å². The third-order valence-corrected chi connectivity index (χ3v) is 8.10. The lowest BCUT2D eigenvalue weighted by Gasteiger charge is -2.41.